The highest BCUT2D eigenvalue weighted by Crippen LogP contribution is 2.20. The first-order chi connectivity index (χ1) is 14.7. The topological polar surface area (TPSA) is 49.3 Å². The predicted molar refractivity (Wildman–Crippen MR) is 122 cm³/mol. The molecule has 0 heterocycles. The molecule has 0 aliphatic heterocycles. The van der Waals surface area contributed by atoms with Gasteiger partial charge >= 0.3 is 0 Å². The standard InChI is InChI=1S/C27H25NO2/c29-19-25(18-20-8-2-1-3-9-20)28-27(30)26-13-7-6-12-24(26)17-21-14-15-22-10-4-5-11-23(22)16-21/h1-16,25,29H,17-19H2,(H,28,30)/t25-/m0/s1. The van der Waals surface area contributed by atoms with Crippen LogP contribution in [0.2, 0.25) is 0 Å². The Bertz CT molecular complexity index is 1140. The first-order valence-corrected chi connectivity index (χ1v) is 10.2. The number of benzene rings is 4. The van der Waals surface area contributed by atoms with Crippen molar-refractivity contribution in [3.8, 4) is 0 Å². The Hall–Kier alpha value is -3.43. The lowest BCUT2D eigenvalue weighted by Gasteiger charge is -2.18. The van der Waals surface area contributed by atoms with Crippen LogP contribution in [0, 0.1) is 0 Å². The predicted octanol–water partition coefficient (Wildman–Crippen LogP) is 4.76. The summed E-state index contributed by atoms with van der Waals surface area (Å²) in [4.78, 5) is 13.0. The van der Waals surface area contributed by atoms with Gasteiger partial charge in [-0.15, -0.1) is 0 Å². The highest BCUT2D eigenvalue weighted by molar-refractivity contribution is 5.96. The molecule has 3 nitrogen and oxygen atoms in total. The van der Waals surface area contributed by atoms with Gasteiger partial charge in [0.15, 0.2) is 0 Å². The van der Waals surface area contributed by atoms with Crippen molar-refractivity contribution in [3.63, 3.8) is 0 Å². The summed E-state index contributed by atoms with van der Waals surface area (Å²) in [5.74, 6) is -0.152. The van der Waals surface area contributed by atoms with Crippen molar-refractivity contribution in [3.05, 3.63) is 119 Å². The molecule has 0 saturated heterocycles. The van der Waals surface area contributed by atoms with E-state index in [2.05, 4.69) is 35.6 Å². The Labute approximate surface area is 177 Å². The molecule has 0 bridgehead atoms. The highest BCUT2D eigenvalue weighted by atomic mass is 16.3. The number of hydrogen-bond donors (Lipinski definition) is 2. The van der Waals surface area contributed by atoms with Crippen molar-refractivity contribution in [1.29, 1.82) is 0 Å². The van der Waals surface area contributed by atoms with Gasteiger partial charge < -0.3 is 10.4 Å². The van der Waals surface area contributed by atoms with E-state index in [1.807, 2.05) is 66.7 Å². The van der Waals surface area contributed by atoms with E-state index in [1.54, 1.807) is 0 Å². The maximum atomic E-state index is 13.0. The Morgan fingerprint density at radius 2 is 1.47 bits per heavy atom. The maximum absolute atomic E-state index is 13.0. The van der Waals surface area contributed by atoms with Gasteiger partial charge in [0.05, 0.1) is 12.6 Å². The second kappa shape index (κ2) is 9.38. The van der Waals surface area contributed by atoms with E-state index in [1.165, 1.54) is 10.8 Å². The van der Waals surface area contributed by atoms with Gasteiger partial charge in [0, 0.05) is 5.56 Å². The molecule has 4 rings (SSSR count). The van der Waals surface area contributed by atoms with E-state index in [0.29, 0.717) is 18.4 Å². The minimum atomic E-state index is -0.325. The van der Waals surface area contributed by atoms with E-state index < -0.39 is 0 Å². The number of aliphatic hydroxyl groups is 1. The van der Waals surface area contributed by atoms with E-state index >= 15 is 0 Å². The third kappa shape index (κ3) is 4.76. The second-order valence-corrected chi connectivity index (χ2v) is 7.56. The molecular weight excluding hydrogens is 370 g/mol. The number of aliphatic hydroxyl groups excluding tert-OH is 1. The fraction of sp³-hybridized carbons (Fsp3) is 0.148. The van der Waals surface area contributed by atoms with Gasteiger partial charge in [-0.3, -0.25) is 4.79 Å². The second-order valence-electron chi connectivity index (χ2n) is 7.56. The molecule has 1 amide bonds. The number of carbonyl (C=O) groups excluding carboxylic acids is 1. The zero-order chi connectivity index (χ0) is 20.8. The molecule has 2 N–H and O–H groups in total. The Kier molecular flexibility index (Phi) is 6.21. The molecule has 0 aliphatic carbocycles. The van der Waals surface area contributed by atoms with Crippen molar-refractivity contribution in [2.75, 3.05) is 6.61 Å². The average Bonchev–Trinajstić information content (AvgIpc) is 2.79. The molecule has 4 aromatic carbocycles. The number of fused-ring (bicyclic) bond motifs is 1. The van der Waals surface area contributed by atoms with Crippen molar-refractivity contribution >= 4 is 16.7 Å². The van der Waals surface area contributed by atoms with Gasteiger partial charge in [0.1, 0.15) is 0 Å². The van der Waals surface area contributed by atoms with Gasteiger partial charge in [0.25, 0.3) is 5.91 Å². The van der Waals surface area contributed by atoms with Gasteiger partial charge in [0.2, 0.25) is 0 Å². The van der Waals surface area contributed by atoms with Crippen LogP contribution in [0.1, 0.15) is 27.0 Å². The number of carbonyl (C=O) groups is 1. The van der Waals surface area contributed by atoms with Crippen LogP contribution in [0.15, 0.2) is 97.1 Å². The fourth-order valence-corrected chi connectivity index (χ4v) is 3.79. The zero-order valence-electron chi connectivity index (χ0n) is 16.8. The summed E-state index contributed by atoms with van der Waals surface area (Å²) in [6, 6.07) is 31.9. The number of rotatable bonds is 7. The number of nitrogens with one attached hydrogen (secondary N) is 1. The van der Waals surface area contributed by atoms with Crippen LogP contribution >= 0.6 is 0 Å². The molecule has 1 atom stereocenters. The molecule has 0 fully saturated rings. The van der Waals surface area contributed by atoms with E-state index in [-0.39, 0.29) is 18.6 Å². The van der Waals surface area contributed by atoms with Crippen LogP contribution < -0.4 is 5.32 Å². The molecule has 0 radical (unpaired) electrons. The van der Waals surface area contributed by atoms with Crippen molar-refractivity contribution in [2.24, 2.45) is 0 Å². The lowest BCUT2D eigenvalue weighted by Crippen LogP contribution is -2.39. The highest BCUT2D eigenvalue weighted by Gasteiger charge is 2.16. The normalized spacial score (nSPS) is 11.9. The molecule has 4 aromatic rings. The van der Waals surface area contributed by atoms with E-state index in [9.17, 15) is 9.90 Å². The van der Waals surface area contributed by atoms with Gasteiger partial charge in [-0.05, 0) is 46.4 Å². The number of hydrogen-bond acceptors (Lipinski definition) is 2. The van der Waals surface area contributed by atoms with Crippen molar-refractivity contribution in [1.82, 2.24) is 5.32 Å². The lowest BCUT2D eigenvalue weighted by atomic mass is 9.97. The molecule has 0 saturated carbocycles. The molecular formula is C27H25NO2. The van der Waals surface area contributed by atoms with Crippen LogP contribution in [-0.4, -0.2) is 23.7 Å². The minimum Gasteiger partial charge on any atom is -0.394 e. The Morgan fingerprint density at radius 1 is 0.767 bits per heavy atom. The quantitative estimate of drug-likeness (QED) is 0.474. The van der Waals surface area contributed by atoms with E-state index in [4.69, 9.17) is 0 Å². The van der Waals surface area contributed by atoms with Gasteiger partial charge in [-0.2, -0.15) is 0 Å². The Balaban J connectivity index is 1.52. The smallest absolute Gasteiger partial charge is 0.251 e. The monoisotopic (exact) mass is 395 g/mol. The summed E-state index contributed by atoms with van der Waals surface area (Å²) < 4.78 is 0. The first-order valence-electron chi connectivity index (χ1n) is 10.2. The molecule has 30 heavy (non-hydrogen) atoms. The molecule has 0 unspecified atom stereocenters. The van der Waals surface area contributed by atoms with Crippen LogP contribution in [0.5, 0.6) is 0 Å². The SMILES string of the molecule is O=C(N[C@H](CO)Cc1ccccc1)c1ccccc1Cc1ccc2ccccc2c1. The summed E-state index contributed by atoms with van der Waals surface area (Å²) in [7, 11) is 0. The van der Waals surface area contributed by atoms with Crippen LogP contribution in [-0.2, 0) is 12.8 Å². The first kappa shape index (κ1) is 19.9. The summed E-state index contributed by atoms with van der Waals surface area (Å²) in [6.07, 6.45) is 1.27. The zero-order valence-corrected chi connectivity index (χ0v) is 16.8. The third-order valence-electron chi connectivity index (χ3n) is 5.35. The average molecular weight is 396 g/mol. The summed E-state index contributed by atoms with van der Waals surface area (Å²) >= 11 is 0. The largest absolute Gasteiger partial charge is 0.394 e. The van der Waals surface area contributed by atoms with Gasteiger partial charge in [-0.1, -0.05) is 91.0 Å². The molecule has 0 spiro atoms. The minimum absolute atomic E-state index is 0.104. The van der Waals surface area contributed by atoms with Crippen molar-refractivity contribution in [2.45, 2.75) is 18.9 Å². The summed E-state index contributed by atoms with van der Waals surface area (Å²) in [5.41, 5.74) is 3.87. The maximum Gasteiger partial charge on any atom is 0.251 e. The summed E-state index contributed by atoms with van der Waals surface area (Å²) in [5, 5.41) is 15.2. The molecule has 150 valence electrons. The van der Waals surface area contributed by atoms with Crippen LogP contribution in [0.3, 0.4) is 0 Å². The number of amides is 1. The van der Waals surface area contributed by atoms with Crippen LogP contribution in [0.4, 0.5) is 0 Å². The Morgan fingerprint density at radius 3 is 2.27 bits per heavy atom. The van der Waals surface area contributed by atoms with Crippen molar-refractivity contribution < 1.29 is 9.90 Å². The van der Waals surface area contributed by atoms with Crippen LogP contribution in [0.25, 0.3) is 10.8 Å². The fourth-order valence-electron chi connectivity index (χ4n) is 3.79. The molecule has 0 aromatic heterocycles. The van der Waals surface area contributed by atoms with E-state index in [0.717, 1.165) is 16.7 Å². The summed E-state index contributed by atoms with van der Waals surface area (Å²) in [6.45, 7) is -0.104. The molecule has 0 aliphatic rings. The lowest BCUT2D eigenvalue weighted by molar-refractivity contribution is 0.0915. The molecule has 3 heteroatoms. The van der Waals surface area contributed by atoms with Gasteiger partial charge in [-0.25, -0.2) is 0 Å². The third-order valence-corrected chi connectivity index (χ3v) is 5.35.